The van der Waals surface area contributed by atoms with Crippen LogP contribution in [0.1, 0.15) is 34.6 Å². The van der Waals surface area contributed by atoms with Crippen LogP contribution in [0.5, 0.6) is 0 Å². The van der Waals surface area contributed by atoms with Crippen LogP contribution in [0.2, 0.25) is 0 Å². The van der Waals surface area contributed by atoms with Crippen molar-refractivity contribution >= 4 is 5.97 Å². The van der Waals surface area contributed by atoms with Crippen LogP contribution in [0, 0.1) is 5.92 Å². The van der Waals surface area contributed by atoms with Crippen LogP contribution >= 0.6 is 0 Å². The Morgan fingerprint density at radius 1 is 1.04 bits per heavy atom. The van der Waals surface area contributed by atoms with Gasteiger partial charge in [-0.3, -0.25) is 0 Å². The van der Waals surface area contributed by atoms with Crippen LogP contribution in [0.4, 0.5) is 26.3 Å². The van der Waals surface area contributed by atoms with Crippen molar-refractivity contribution in [1.29, 1.82) is 0 Å². The van der Waals surface area contributed by atoms with Gasteiger partial charge in [0.15, 0.2) is 5.60 Å². The lowest BCUT2D eigenvalue weighted by molar-refractivity contribution is -0.420. The van der Waals surface area contributed by atoms with Gasteiger partial charge in [0, 0.05) is 5.57 Å². The second-order valence-electron chi connectivity index (χ2n) is 6.06. The number of ether oxygens (including phenoxy) is 2. The third-order valence-electron chi connectivity index (χ3n) is 2.98. The van der Waals surface area contributed by atoms with E-state index in [1.165, 1.54) is 13.8 Å². The quantitative estimate of drug-likeness (QED) is 0.404. The third kappa shape index (κ3) is 4.39. The molecule has 9 heteroatoms. The summed E-state index contributed by atoms with van der Waals surface area (Å²) in [5.74, 6) is -1.98. The summed E-state index contributed by atoms with van der Waals surface area (Å²) in [6.45, 7) is 7.23. The average Bonchev–Trinajstić information content (AvgIpc) is 2.23. The van der Waals surface area contributed by atoms with E-state index in [0.29, 0.717) is 13.8 Å². The van der Waals surface area contributed by atoms with Gasteiger partial charge in [0.2, 0.25) is 0 Å². The monoisotopic (exact) mass is 350 g/mol. The predicted octanol–water partition coefficient (Wildman–Crippen LogP) is 4.42. The molecule has 0 saturated heterocycles. The molecule has 0 saturated carbocycles. The van der Waals surface area contributed by atoms with Crippen LogP contribution in [0.25, 0.3) is 0 Å². The van der Waals surface area contributed by atoms with E-state index in [4.69, 9.17) is 0 Å². The molecule has 0 amide bonds. The van der Waals surface area contributed by atoms with Gasteiger partial charge in [-0.2, -0.15) is 26.3 Å². The van der Waals surface area contributed by atoms with Gasteiger partial charge in [-0.05, 0) is 26.7 Å². The van der Waals surface area contributed by atoms with Gasteiger partial charge < -0.3 is 9.47 Å². The van der Waals surface area contributed by atoms with Crippen molar-refractivity contribution in [3.8, 4) is 0 Å². The molecule has 0 bridgehead atoms. The van der Waals surface area contributed by atoms with Crippen molar-refractivity contribution in [1.82, 2.24) is 0 Å². The van der Waals surface area contributed by atoms with Crippen molar-refractivity contribution in [3.63, 3.8) is 0 Å². The van der Waals surface area contributed by atoms with E-state index in [2.05, 4.69) is 16.1 Å². The Hall–Kier alpha value is -1.25. The first-order valence-electron chi connectivity index (χ1n) is 6.66. The second-order valence-corrected chi connectivity index (χ2v) is 6.06. The van der Waals surface area contributed by atoms with Crippen LogP contribution < -0.4 is 0 Å². The number of hydrogen-bond donors (Lipinski definition) is 0. The summed E-state index contributed by atoms with van der Waals surface area (Å²) in [5.41, 5.74) is -8.06. The van der Waals surface area contributed by atoms with Crippen molar-refractivity contribution in [2.75, 3.05) is 6.61 Å². The maximum absolute atomic E-state index is 13.4. The molecule has 0 radical (unpaired) electrons. The van der Waals surface area contributed by atoms with Gasteiger partial charge in [0.05, 0.1) is 6.61 Å². The van der Waals surface area contributed by atoms with E-state index in [9.17, 15) is 31.1 Å². The van der Waals surface area contributed by atoms with Gasteiger partial charge in [-0.1, -0.05) is 20.4 Å². The topological polar surface area (TPSA) is 35.5 Å². The normalized spacial score (nSPS) is 14.1. The van der Waals surface area contributed by atoms with Crippen LogP contribution in [0.15, 0.2) is 12.2 Å². The zero-order valence-electron chi connectivity index (χ0n) is 13.5. The number of halogens is 6. The largest absolute Gasteiger partial charge is 0.452 e. The standard InChI is InChI=1S/C14H20F6O3/c1-8(2)7-22-12(13(15,16)17,14(18,19)20)11(5,6)23-10(21)9(3)4/h8H,3,7H2,1-2,4-6H3. The highest BCUT2D eigenvalue weighted by Gasteiger charge is 2.80. The number of esters is 1. The number of hydrogen-bond acceptors (Lipinski definition) is 3. The Morgan fingerprint density at radius 2 is 1.43 bits per heavy atom. The minimum absolute atomic E-state index is 0.333. The fourth-order valence-electron chi connectivity index (χ4n) is 1.86. The molecule has 23 heavy (non-hydrogen) atoms. The Labute approximate surface area is 130 Å². The number of rotatable bonds is 6. The molecule has 0 aliphatic heterocycles. The van der Waals surface area contributed by atoms with Gasteiger partial charge in [0.1, 0.15) is 0 Å². The molecule has 0 aromatic rings. The maximum atomic E-state index is 13.4. The van der Waals surface area contributed by atoms with Crippen molar-refractivity contribution < 1.29 is 40.6 Å². The van der Waals surface area contributed by atoms with E-state index in [1.807, 2.05) is 0 Å². The Bertz CT molecular complexity index is 434. The molecule has 0 unspecified atom stereocenters. The van der Waals surface area contributed by atoms with Gasteiger partial charge in [-0.25, -0.2) is 4.79 Å². The second kappa shape index (κ2) is 6.70. The summed E-state index contributed by atoms with van der Waals surface area (Å²) in [5, 5.41) is 0. The van der Waals surface area contributed by atoms with Crippen LogP contribution in [0.3, 0.4) is 0 Å². The van der Waals surface area contributed by atoms with E-state index in [-0.39, 0.29) is 5.57 Å². The number of alkyl halides is 6. The highest BCUT2D eigenvalue weighted by Crippen LogP contribution is 2.53. The smallest absolute Gasteiger partial charge is 0.430 e. The molecule has 0 aromatic carbocycles. The minimum Gasteiger partial charge on any atom is -0.452 e. The summed E-state index contributed by atoms with van der Waals surface area (Å²) in [4.78, 5) is 11.5. The van der Waals surface area contributed by atoms with Gasteiger partial charge in [-0.15, -0.1) is 0 Å². The van der Waals surface area contributed by atoms with Crippen molar-refractivity contribution in [2.24, 2.45) is 5.92 Å². The molecule has 0 N–H and O–H groups in total. The fourth-order valence-corrected chi connectivity index (χ4v) is 1.86. The van der Waals surface area contributed by atoms with E-state index >= 15 is 0 Å². The van der Waals surface area contributed by atoms with E-state index in [0.717, 1.165) is 6.92 Å². The average molecular weight is 350 g/mol. The zero-order chi connectivity index (χ0) is 18.9. The Balaban J connectivity index is 6.18. The Morgan fingerprint density at radius 3 is 1.70 bits per heavy atom. The first-order chi connectivity index (χ1) is 9.99. The lowest BCUT2D eigenvalue weighted by Gasteiger charge is -2.46. The SMILES string of the molecule is C=C(C)C(=O)OC(C)(C)C(OCC(C)C)(C(F)(F)F)C(F)(F)F. The molecule has 136 valence electrons. The number of carbonyl (C=O) groups is 1. The van der Waals surface area contributed by atoms with E-state index < -0.39 is 42.0 Å². The minimum atomic E-state index is -5.86. The first-order valence-corrected chi connectivity index (χ1v) is 6.66. The van der Waals surface area contributed by atoms with Crippen molar-refractivity contribution in [3.05, 3.63) is 12.2 Å². The molecule has 3 nitrogen and oxygen atoms in total. The number of carbonyl (C=O) groups excluding carboxylic acids is 1. The van der Waals surface area contributed by atoms with Gasteiger partial charge in [0.25, 0.3) is 5.60 Å². The van der Waals surface area contributed by atoms with Gasteiger partial charge >= 0.3 is 18.3 Å². The molecule has 0 spiro atoms. The van der Waals surface area contributed by atoms with Crippen molar-refractivity contribution in [2.45, 2.75) is 58.2 Å². The van der Waals surface area contributed by atoms with Crippen LogP contribution in [-0.4, -0.2) is 36.1 Å². The highest BCUT2D eigenvalue weighted by atomic mass is 19.4. The summed E-state index contributed by atoms with van der Waals surface area (Å²) < 4.78 is 89.2. The zero-order valence-corrected chi connectivity index (χ0v) is 13.5. The molecule has 0 aromatic heterocycles. The highest BCUT2D eigenvalue weighted by molar-refractivity contribution is 5.87. The molecule has 0 atom stereocenters. The summed E-state index contributed by atoms with van der Waals surface area (Å²) in [7, 11) is 0. The molecule has 0 rings (SSSR count). The maximum Gasteiger partial charge on any atom is 0.430 e. The molecule has 0 aliphatic carbocycles. The molecule has 0 fully saturated rings. The van der Waals surface area contributed by atoms with Crippen LogP contribution in [-0.2, 0) is 14.3 Å². The first kappa shape index (κ1) is 21.8. The fraction of sp³-hybridized carbons (Fsp3) is 0.786. The lowest BCUT2D eigenvalue weighted by Crippen LogP contribution is -2.71. The molecular weight excluding hydrogens is 330 g/mol. The molecule has 0 aliphatic rings. The lowest BCUT2D eigenvalue weighted by atomic mass is 9.83. The third-order valence-corrected chi connectivity index (χ3v) is 2.98. The summed E-state index contributed by atoms with van der Waals surface area (Å²) in [6.07, 6.45) is -11.7. The predicted molar refractivity (Wildman–Crippen MR) is 70.6 cm³/mol. The Kier molecular flexibility index (Phi) is 6.34. The molecule has 0 heterocycles. The summed E-state index contributed by atoms with van der Waals surface area (Å²) >= 11 is 0. The molecular formula is C14H20F6O3. The van der Waals surface area contributed by atoms with E-state index in [1.54, 1.807) is 0 Å². The summed E-state index contributed by atoms with van der Waals surface area (Å²) in [6, 6.07) is 0.